The van der Waals surface area contributed by atoms with E-state index in [4.69, 9.17) is 0 Å². The number of carboxylic acid groups (broad SMARTS) is 1. The topological polar surface area (TPSA) is 80.4 Å². The number of rotatable bonds is 6. The summed E-state index contributed by atoms with van der Waals surface area (Å²) in [7, 11) is 0. The molecule has 0 aliphatic heterocycles. The molecule has 7 heteroatoms. The smallest absolute Gasteiger partial charge is 0.310 e. The summed E-state index contributed by atoms with van der Waals surface area (Å²) in [5.74, 6) is 0.675. The Hall–Kier alpha value is -1.50. The molecule has 1 fully saturated rings. The number of carbonyl (C=O) groups is 1. The van der Waals surface area contributed by atoms with Gasteiger partial charge in [0.15, 0.2) is 5.82 Å². The summed E-state index contributed by atoms with van der Waals surface area (Å²) in [6.07, 6.45) is 3.98. The zero-order chi connectivity index (χ0) is 14.3. The molecule has 20 heavy (non-hydrogen) atoms. The van der Waals surface area contributed by atoms with Crippen molar-refractivity contribution in [1.29, 1.82) is 0 Å². The maximum Gasteiger partial charge on any atom is 0.310 e. The van der Waals surface area contributed by atoms with Crippen LogP contribution in [0.25, 0.3) is 4.96 Å². The molecule has 0 amide bonds. The van der Waals surface area contributed by atoms with E-state index in [1.807, 2.05) is 13.8 Å². The molecule has 0 atom stereocenters. The third-order valence-corrected chi connectivity index (χ3v) is 5.19. The van der Waals surface area contributed by atoms with Gasteiger partial charge < -0.3 is 5.11 Å². The summed E-state index contributed by atoms with van der Waals surface area (Å²) in [5.41, 5.74) is -0.719. The van der Waals surface area contributed by atoms with Gasteiger partial charge in [-0.05, 0) is 25.7 Å². The summed E-state index contributed by atoms with van der Waals surface area (Å²) in [6, 6.07) is 0. The minimum atomic E-state index is -0.740. The summed E-state index contributed by atoms with van der Waals surface area (Å²) in [5, 5.41) is 23.2. The minimum absolute atomic E-state index is 0.466. The van der Waals surface area contributed by atoms with E-state index in [2.05, 4.69) is 15.3 Å². The SMILES string of the molecule is CCC(CC)(Cc1nn2c(C3CC3)nnc2s1)C(=O)O. The van der Waals surface area contributed by atoms with Gasteiger partial charge in [-0.1, -0.05) is 25.2 Å². The first kappa shape index (κ1) is 13.5. The second-order valence-corrected chi connectivity index (χ2v) is 6.53. The van der Waals surface area contributed by atoms with Crippen LogP contribution in [0.4, 0.5) is 0 Å². The molecule has 108 valence electrons. The van der Waals surface area contributed by atoms with Crippen molar-refractivity contribution in [3.8, 4) is 0 Å². The quantitative estimate of drug-likeness (QED) is 0.885. The van der Waals surface area contributed by atoms with Crippen LogP contribution in [0.2, 0.25) is 0 Å². The fourth-order valence-corrected chi connectivity index (χ4v) is 3.49. The molecule has 6 nitrogen and oxygen atoms in total. The summed E-state index contributed by atoms with van der Waals surface area (Å²) in [6.45, 7) is 3.85. The summed E-state index contributed by atoms with van der Waals surface area (Å²) in [4.78, 5) is 12.3. The van der Waals surface area contributed by atoms with Gasteiger partial charge in [-0.2, -0.15) is 9.61 Å². The van der Waals surface area contributed by atoms with Gasteiger partial charge in [0.2, 0.25) is 4.96 Å². The summed E-state index contributed by atoms with van der Waals surface area (Å²) < 4.78 is 1.80. The van der Waals surface area contributed by atoms with Gasteiger partial charge in [-0.15, -0.1) is 10.2 Å². The van der Waals surface area contributed by atoms with E-state index in [0.29, 0.717) is 25.2 Å². The van der Waals surface area contributed by atoms with E-state index >= 15 is 0 Å². The first-order valence-corrected chi connectivity index (χ1v) is 7.85. The molecule has 0 spiro atoms. The fourth-order valence-electron chi connectivity index (χ4n) is 2.51. The highest BCUT2D eigenvalue weighted by molar-refractivity contribution is 7.16. The van der Waals surface area contributed by atoms with E-state index in [-0.39, 0.29) is 0 Å². The Labute approximate surface area is 120 Å². The van der Waals surface area contributed by atoms with E-state index in [1.165, 1.54) is 11.3 Å². The van der Waals surface area contributed by atoms with Crippen molar-refractivity contribution in [2.24, 2.45) is 5.41 Å². The van der Waals surface area contributed by atoms with Crippen LogP contribution in [0.15, 0.2) is 0 Å². The van der Waals surface area contributed by atoms with Crippen LogP contribution in [-0.4, -0.2) is 30.9 Å². The number of hydrogen-bond acceptors (Lipinski definition) is 5. The third-order valence-electron chi connectivity index (χ3n) is 4.30. The molecular formula is C13H18N4O2S. The fraction of sp³-hybridized carbons (Fsp3) is 0.692. The van der Waals surface area contributed by atoms with Crippen LogP contribution in [0.5, 0.6) is 0 Å². The highest BCUT2D eigenvalue weighted by atomic mass is 32.1. The van der Waals surface area contributed by atoms with Gasteiger partial charge in [-0.3, -0.25) is 4.79 Å². The molecule has 1 N–H and O–H groups in total. The van der Waals surface area contributed by atoms with Gasteiger partial charge in [-0.25, -0.2) is 0 Å². The van der Waals surface area contributed by atoms with Crippen LogP contribution in [-0.2, 0) is 11.2 Å². The Morgan fingerprint density at radius 2 is 2.10 bits per heavy atom. The molecule has 1 aliphatic rings. The molecule has 0 unspecified atom stereocenters. The lowest BCUT2D eigenvalue weighted by Crippen LogP contribution is -2.32. The maximum absolute atomic E-state index is 11.6. The van der Waals surface area contributed by atoms with E-state index in [9.17, 15) is 9.90 Å². The second-order valence-electron chi connectivity index (χ2n) is 5.49. The maximum atomic E-state index is 11.6. The largest absolute Gasteiger partial charge is 0.481 e. The zero-order valence-electron chi connectivity index (χ0n) is 11.7. The Bertz CT molecular complexity index is 640. The van der Waals surface area contributed by atoms with Crippen molar-refractivity contribution >= 4 is 22.3 Å². The molecule has 2 aromatic rings. The van der Waals surface area contributed by atoms with Crippen LogP contribution in [0, 0.1) is 5.41 Å². The normalized spacial score (nSPS) is 15.9. The molecular weight excluding hydrogens is 276 g/mol. The molecule has 0 saturated heterocycles. The number of nitrogens with zero attached hydrogens (tertiary/aromatic N) is 4. The van der Waals surface area contributed by atoms with Gasteiger partial charge in [0, 0.05) is 12.3 Å². The number of aliphatic carboxylic acids is 1. The van der Waals surface area contributed by atoms with Crippen molar-refractivity contribution in [2.45, 2.75) is 51.9 Å². The lowest BCUT2D eigenvalue weighted by atomic mass is 9.79. The number of carboxylic acids is 1. The molecule has 0 bridgehead atoms. The highest BCUT2D eigenvalue weighted by Gasteiger charge is 2.37. The first-order chi connectivity index (χ1) is 9.59. The average molecular weight is 294 g/mol. The van der Waals surface area contributed by atoms with Crippen LogP contribution < -0.4 is 0 Å². The molecule has 0 radical (unpaired) electrons. The number of aromatic nitrogens is 4. The molecule has 2 heterocycles. The highest BCUT2D eigenvalue weighted by Crippen LogP contribution is 2.40. The minimum Gasteiger partial charge on any atom is -0.481 e. The molecule has 3 rings (SSSR count). The van der Waals surface area contributed by atoms with Gasteiger partial charge in [0.25, 0.3) is 0 Å². The lowest BCUT2D eigenvalue weighted by molar-refractivity contribution is -0.149. The predicted molar refractivity (Wildman–Crippen MR) is 75.0 cm³/mol. The van der Waals surface area contributed by atoms with Crippen molar-refractivity contribution in [3.63, 3.8) is 0 Å². The van der Waals surface area contributed by atoms with Crippen molar-refractivity contribution < 1.29 is 9.90 Å². The Morgan fingerprint density at radius 1 is 1.40 bits per heavy atom. The van der Waals surface area contributed by atoms with E-state index in [0.717, 1.165) is 28.6 Å². The van der Waals surface area contributed by atoms with Gasteiger partial charge in [0.1, 0.15) is 5.01 Å². The Kier molecular flexibility index (Phi) is 3.24. The van der Waals surface area contributed by atoms with Crippen molar-refractivity contribution in [3.05, 3.63) is 10.8 Å². The van der Waals surface area contributed by atoms with E-state index < -0.39 is 11.4 Å². The molecule has 1 aliphatic carbocycles. The average Bonchev–Trinajstić information content (AvgIpc) is 3.08. The van der Waals surface area contributed by atoms with Crippen molar-refractivity contribution in [1.82, 2.24) is 19.8 Å². The number of fused-ring (bicyclic) bond motifs is 1. The van der Waals surface area contributed by atoms with Gasteiger partial charge >= 0.3 is 5.97 Å². The summed E-state index contributed by atoms with van der Waals surface area (Å²) >= 11 is 1.45. The van der Waals surface area contributed by atoms with E-state index in [1.54, 1.807) is 4.52 Å². The predicted octanol–water partition coefficient (Wildman–Crippen LogP) is 2.50. The third kappa shape index (κ3) is 2.09. The second kappa shape index (κ2) is 4.80. The van der Waals surface area contributed by atoms with Crippen LogP contribution in [0.1, 0.15) is 56.3 Å². The monoisotopic (exact) mass is 294 g/mol. The standard InChI is InChI=1S/C13H18N4O2S/c1-3-13(4-2,11(18)19)7-9-16-17-10(8-5-6-8)14-15-12(17)20-9/h8H,3-7H2,1-2H3,(H,18,19). The zero-order valence-corrected chi connectivity index (χ0v) is 12.5. The molecule has 1 saturated carbocycles. The first-order valence-electron chi connectivity index (χ1n) is 7.04. The van der Waals surface area contributed by atoms with Gasteiger partial charge in [0.05, 0.1) is 5.41 Å². The number of hydrogen-bond donors (Lipinski definition) is 1. The Morgan fingerprint density at radius 3 is 2.65 bits per heavy atom. The molecule has 2 aromatic heterocycles. The van der Waals surface area contributed by atoms with Crippen molar-refractivity contribution in [2.75, 3.05) is 0 Å². The van der Waals surface area contributed by atoms with Crippen LogP contribution in [0.3, 0.4) is 0 Å². The van der Waals surface area contributed by atoms with Crippen LogP contribution >= 0.6 is 11.3 Å². The Balaban J connectivity index is 1.92. The lowest BCUT2D eigenvalue weighted by Gasteiger charge is -2.25. The molecule has 0 aromatic carbocycles.